The molecule has 0 spiro atoms. The van der Waals surface area contributed by atoms with Crippen molar-refractivity contribution in [2.75, 3.05) is 50.0 Å². The molecule has 1 unspecified atom stereocenters. The van der Waals surface area contributed by atoms with Gasteiger partial charge in [0.15, 0.2) is 0 Å². The van der Waals surface area contributed by atoms with Gasteiger partial charge in [-0.05, 0) is 30.7 Å². The Hall–Kier alpha value is -1.30. The van der Waals surface area contributed by atoms with Crippen LogP contribution in [0.25, 0.3) is 0 Å². The molecule has 1 aliphatic rings. The molecule has 0 amide bonds. The van der Waals surface area contributed by atoms with E-state index in [4.69, 9.17) is 10.8 Å². The zero-order valence-corrected chi connectivity index (χ0v) is 11.4. The predicted octanol–water partition coefficient (Wildman–Crippen LogP) is 0.0524. The fourth-order valence-electron chi connectivity index (χ4n) is 2.49. The molecular weight excluding hydrogens is 242 g/mol. The molecule has 1 heterocycles. The van der Waals surface area contributed by atoms with Crippen LogP contribution >= 0.6 is 0 Å². The lowest BCUT2D eigenvalue weighted by Gasteiger charge is -2.24. The highest BCUT2D eigenvalue weighted by Gasteiger charge is 2.21. The summed E-state index contributed by atoms with van der Waals surface area (Å²) in [7, 11) is 0. The lowest BCUT2D eigenvalue weighted by atomic mass is 10.1. The van der Waals surface area contributed by atoms with Crippen molar-refractivity contribution in [1.82, 2.24) is 4.90 Å². The molecule has 1 aliphatic heterocycles. The molecule has 0 bridgehead atoms. The second kappa shape index (κ2) is 6.23. The number of nitrogens with zero attached hydrogens (tertiary/aromatic N) is 2. The third-order valence-electron chi connectivity index (χ3n) is 3.62. The average molecular weight is 265 g/mol. The molecule has 1 fully saturated rings. The molecule has 0 radical (unpaired) electrons. The normalized spacial score (nSPS) is 21.4. The van der Waals surface area contributed by atoms with Crippen molar-refractivity contribution >= 4 is 11.4 Å². The maximum atomic E-state index is 10.1. The second-order valence-corrected chi connectivity index (χ2v) is 5.16. The van der Waals surface area contributed by atoms with Crippen LogP contribution in [0, 0.1) is 6.92 Å². The van der Waals surface area contributed by atoms with E-state index in [9.17, 15) is 5.11 Å². The fraction of sp³-hybridized carbons (Fsp3) is 0.571. The summed E-state index contributed by atoms with van der Waals surface area (Å²) < 4.78 is 0. The van der Waals surface area contributed by atoms with Crippen molar-refractivity contribution in [3.8, 4) is 0 Å². The van der Waals surface area contributed by atoms with Crippen molar-refractivity contribution in [2.45, 2.75) is 13.0 Å². The van der Waals surface area contributed by atoms with Gasteiger partial charge in [0.2, 0.25) is 0 Å². The first kappa shape index (κ1) is 14.1. The summed E-state index contributed by atoms with van der Waals surface area (Å²) in [5, 5.41) is 19.0. The van der Waals surface area contributed by atoms with E-state index in [0.29, 0.717) is 19.6 Å². The van der Waals surface area contributed by atoms with E-state index in [1.54, 1.807) is 0 Å². The maximum Gasteiger partial charge on any atom is 0.0841 e. The smallest absolute Gasteiger partial charge is 0.0841 e. The minimum absolute atomic E-state index is 0.133. The second-order valence-electron chi connectivity index (χ2n) is 5.16. The number of rotatable bonds is 3. The molecule has 0 saturated carbocycles. The quantitative estimate of drug-likeness (QED) is 0.674. The van der Waals surface area contributed by atoms with E-state index in [2.05, 4.69) is 15.9 Å². The zero-order valence-electron chi connectivity index (χ0n) is 11.4. The minimum atomic E-state index is -0.396. The number of hydrogen-bond acceptors (Lipinski definition) is 5. The molecule has 1 aromatic rings. The number of hydrogen-bond donors (Lipinski definition) is 3. The molecule has 1 aromatic carbocycles. The van der Waals surface area contributed by atoms with Gasteiger partial charge in [-0.25, -0.2) is 0 Å². The molecule has 0 aromatic heterocycles. The molecule has 5 heteroatoms. The van der Waals surface area contributed by atoms with Crippen LogP contribution in [0.2, 0.25) is 0 Å². The van der Waals surface area contributed by atoms with E-state index in [-0.39, 0.29) is 6.61 Å². The van der Waals surface area contributed by atoms with Crippen molar-refractivity contribution in [2.24, 2.45) is 0 Å². The number of anilines is 2. The first-order chi connectivity index (χ1) is 9.10. The average Bonchev–Trinajstić information content (AvgIpc) is 2.55. The summed E-state index contributed by atoms with van der Waals surface area (Å²) in [6.45, 7) is 5.67. The number of aliphatic hydroxyl groups is 2. The van der Waals surface area contributed by atoms with Gasteiger partial charge in [0.1, 0.15) is 0 Å². The zero-order chi connectivity index (χ0) is 13.8. The van der Waals surface area contributed by atoms with Crippen LogP contribution in [0.4, 0.5) is 11.4 Å². The summed E-state index contributed by atoms with van der Waals surface area (Å²) in [6.07, 6.45) is -0.396. The van der Waals surface area contributed by atoms with Gasteiger partial charge < -0.3 is 20.8 Å². The van der Waals surface area contributed by atoms with Gasteiger partial charge in [0.25, 0.3) is 0 Å². The molecule has 1 saturated heterocycles. The van der Waals surface area contributed by atoms with Crippen molar-refractivity contribution in [1.29, 1.82) is 0 Å². The Balaban J connectivity index is 2.09. The highest BCUT2D eigenvalue weighted by molar-refractivity contribution is 5.58. The Bertz CT molecular complexity index is 425. The van der Waals surface area contributed by atoms with Crippen molar-refractivity contribution in [3.63, 3.8) is 0 Å². The lowest BCUT2D eigenvalue weighted by Crippen LogP contribution is -2.34. The third kappa shape index (κ3) is 3.59. The minimum Gasteiger partial charge on any atom is -0.399 e. The highest BCUT2D eigenvalue weighted by atomic mass is 16.3. The third-order valence-corrected chi connectivity index (χ3v) is 3.62. The Labute approximate surface area is 114 Å². The highest BCUT2D eigenvalue weighted by Crippen LogP contribution is 2.21. The van der Waals surface area contributed by atoms with Crippen LogP contribution < -0.4 is 10.6 Å². The van der Waals surface area contributed by atoms with Gasteiger partial charge in [-0.15, -0.1) is 0 Å². The summed E-state index contributed by atoms with van der Waals surface area (Å²) in [5.41, 5.74) is 8.78. The largest absolute Gasteiger partial charge is 0.399 e. The number of aryl methyl sites for hydroxylation is 1. The predicted molar refractivity (Wildman–Crippen MR) is 77.3 cm³/mol. The summed E-state index contributed by atoms with van der Waals surface area (Å²) in [4.78, 5) is 4.27. The number of aliphatic hydroxyl groups excluding tert-OH is 2. The molecule has 19 heavy (non-hydrogen) atoms. The summed E-state index contributed by atoms with van der Waals surface area (Å²) in [5.74, 6) is 0. The van der Waals surface area contributed by atoms with Gasteiger partial charge in [-0.1, -0.05) is 0 Å². The molecule has 5 nitrogen and oxygen atoms in total. The molecular formula is C14H23N3O2. The van der Waals surface area contributed by atoms with E-state index in [0.717, 1.165) is 30.0 Å². The first-order valence-corrected chi connectivity index (χ1v) is 6.72. The van der Waals surface area contributed by atoms with Crippen molar-refractivity contribution < 1.29 is 10.2 Å². The first-order valence-electron chi connectivity index (χ1n) is 6.72. The van der Waals surface area contributed by atoms with Gasteiger partial charge in [-0.3, -0.25) is 4.90 Å². The van der Waals surface area contributed by atoms with Crippen LogP contribution in [0.3, 0.4) is 0 Å². The SMILES string of the molecule is Cc1cc(N2CCN(CCO)CC(O)C2)ccc1N. The Kier molecular flexibility index (Phi) is 4.63. The van der Waals surface area contributed by atoms with Crippen LogP contribution in [0.15, 0.2) is 18.2 Å². The van der Waals surface area contributed by atoms with Crippen LogP contribution in [-0.2, 0) is 0 Å². The molecule has 1 atom stereocenters. The maximum absolute atomic E-state index is 10.1. The number of nitrogens with two attached hydrogens (primary N) is 1. The molecule has 0 aliphatic carbocycles. The number of β-amino-alcohol motifs (C(OH)–C–C–N with tert-alkyl or cyclic N) is 2. The van der Waals surface area contributed by atoms with Crippen LogP contribution in [0.1, 0.15) is 5.56 Å². The Morgan fingerprint density at radius 3 is 2.79 bits per heavy atom. The molecule has 2 rings (SSSR count). The topological polar surface area (TPSA) is 73.0 Å². The van der Waals surface area contributed by atoms with Crippen LogP contribution in [-0.4, -0.2) is 60.5 Å². The number of benzene rings is 1. The van der Waals surface area contributed by atoms with Gasteiger partial charge in [-0.2, -0.15) is 0 Å². The summed E-state index contributed by atoms with van der Waals surface area (Å²) >= 11 is 0. The fourth-order valence-corrected chi connectivity index (χ4v) is 2.49. The summed E-state index contributed by atoms with van der Waals surface area (Å²) in [6, 6.07) is 5.97. The molecule has 4 N–H and O–H groups in total. The molecule has 106 valence electrons. The standard InChI is InChI=1S/C14H23N3O2/c1-11-8-12(2-3-14(11)15)17-5-4-16(6-7-18)9-13(19)10-17/h2-3,8,13,18-19H,4-7,9-10,15H2,1H3. The Morgan fingerprint density at radius 2 is 2.11 bits per heavy atom. The monoisotopic (exact) mass is 265 g/mol. The van der Waals surface area contributed by atoms with Crippen LogP contribution in [0.5, 0.6) is 0 Å². The Morgan fingerprint density at radius 1 is 1.32 bits per heavy atom. The van der Waals surface area contributed by atoms with Crippen molar-refractivity contribution in [3.05, 3.63) is 23.8 Å². The lowest BCUT2D eigenvalue weighted by molar-refractivity contribution is 0.119. The van der Waals surface area contributed by atoms with E-state index in [1.807, 2.05) is 19.1 Å². The van der Waals surface area contributed by atoms with Gasteiger partial charge >= 0.3 is 0 Å². The van der Waals surface area contributed by atoms with E-state index in [1.165, 1.54) is 0 Å². The van der Waals surface area contributed by atoms with Gasteiger partial charge in [0.05, 0.1) is 12.7 Å². The van der Waals surface area contributed by atoms with E-state index < -0.39 is 6.10 Å². The number of nitrogen functional groups attached to an aromatic ring is 1. The van der Waals surface area contributed by atoms with Gasteiger partial charge in [0, 0.05) is 44.1 Å². The van der Waals surface area contributed by atoms with E-state index >= 15 is 0 Å².